The van der Waals surface area contributed by atoms with Crippen LogP contribution in [0, 0.1) is 5.92 Å². The van der Waals surface area contributed by atoms with Crippen molar-refractivity contribution >= 4 is 23.0 Å². The molecule has 7 heteroatoms. The van der Waals surface area contributed by atoms with Crippen molar-refractivity contribution in [2.24, 2.45) is 5.92 Å². The third-order valence-corrected chi connectivity index (χ3v) is 6.91. The molecule has 0 unspecified atom stereocenters. The van der Waals surface area contributed by atoms with Crippen LogP contribution in [-0.2, 0) is 13.0 Å². The minimum absolute atomic E-state index is 0.0410. The number of carbonyl (C=O) groups excluding carboxylic acids is 2. The lowest BCUT2D eigenvalue weighted by Gasteiger charge is -2.18. The maximum absolute atomic E-state index is 12.9. The zero-order valence-corrected chi connectivity index (χ0v) is 22.0. The lowest BCUT2D eigenvalue weighted by Crippen LogP contribution is -2.30. The highest BCUT2D eigenvalue weighted by Crippen LogP contribution is 2.24. The number of fused-ring (bicyclic) bond motifs is 1. The Morgan fingerprint density at radius 1 is 1.03 bits per heavy atom. The summed E-state index contributed by atoms with van der Waals surface area (Å²) in [4.78, 5) is 33.7. The first-order valence-electron chi connectivity index (χ1n) is 13.2. The molecule has 1 aliphatic heterocycles. The molecule has 0 saturated carbocycles. The van der Waals surface area contributed by atoms with E-state index in [4.69, 9.17) is 9.72 Å². The number of hydrogen-bond donors (Lipinski definition) is 0. The van der Waals surface area contributed by atoms with Crippen LogP contribution in [0.25, 0.3) is 11.0 Å². The molecule has 7 nitrogen and oxygen atoms in total. The van der Waals surface area contributed by atoms with E-state index >= 15 is 0 Å². The van der Waals surface area contributed by atoms with E-state index in [0.29, 0.717) is 36.7 Å². The molecule has 2 amide bonds. The first kappa shape index (κ1) is 25.7. The Hall–Kier alpha value is -3.35. The highest BCUT2D eigenvalue weighted by Gasteiger charge is 2.20. The van der Waals surface area contributed by atoms with Gasteiger partial charge in [-0.3, -0.25) is 4.79 Å². The number of amides is 2. The molecule has 0 spiro atoms. The minimum atomic E-state index is -0.272. The van der Waals surface area contributed by atoms with Crippen molar-refractivity contribution in [2.45, 2.75) is 59.9 Å². The summed E-state index contributed by atoms with van der Waals surface area (Å²) in [5.41, 5.74) is 3.67. The van der Waals surface area contributed by atoms with Crippen LogP contribution in [0.3, 0.4) is 0 Å². The van der Waals surface area contributed by atoms with E-state index < -0.39 is 0 Å². The Labute approximate surface area is 214 Å². The fraction of sp³-hybridized carbons (Fsp3) is 0.483. The van der Waals surface area contributed by atoms with E-state index in [1.807, 2.05) is 61.2 Å². The predicted octanol–water partition coefficient (Wildman–Crippen LogP) is 5.75. The average molecular weight is 491 g/mol. The minimum Gasteiger partial charge on any atom is -0.410 e. The molecule has 2 heterocycles. The summed E-state index contributed by atoms with van der Waals surface area (Å²) in [6, 6.07) is 13.6. The topological polar surface area (TPSA) is 67.7 Å². The summed E-state index contributed by atoms with van der Waals surface area (Å²) in [5, 5.41) is 0. The Morgan fingerprint density at radius 3 is 2.36 bits per heavy atom. The van der Waals surface area contributed by atoms with E-state index in [2.05, 4.69) is 18.4 Å². The quantitative estimate of drug-likeness (QED) is 0.383. The molecule has 1 aliphatic rings. The van der Waals surface area contributed by atoms with Crippen LogP contribution in [0.15, 0.2) is 42.5 Å². The molecule has 0 atom stereocenters. The maximum Gasteiger partial charge on any atom is 0.415 e. The van der Waals surface area contributed by atoms with Crippen LogP contribution in [0.5, 0.6) is 5.75 Å². The summed E-state index contributed by atoms with van der Waals surface area (Å²) in [6.45, 7) is 12.2. The molecule has 1 fully saturated rings. The number of likely N-dealkylation sites (tertiary alicyclic amines) is 1. The number of nitrogens with zero attached hydrogens (tertiary/aromatic N) is 4. The van der Waals surface area contributed by atoms with Gasteiger partial charge in [-0.25, -0.2) is 9.78 Å². The van der Waals surface area contributed by atoms with Crippen LogP contribution in [0.2, 0.25) is 0 Å². The van der Waals surface area contributed by atoms with Crippen molar-refractivity contribution in [2.75, 3.05) is 26.2 Å². The molecule has 1 aromatic heterocycles. The molecule has 36 heavy (non-hydrogen) atoms. The Bertz CT molecular complexity index is 1190. The van der Waals surface area contributed by atoms with E-state index in [9.17, 15) is 9.59 Å². The van der Waals surface area contributed by atoms with E-state index in [0.717, 1.165) is 61.3 Å². The van der Waals surface area contributed by atoms with Gasteiger partial charge in [-0.05, 0) is 74.9 Å². The highest BCUT2D eigenvalue weighted by atomic mass is 16.6. The second-order valence-electron chi connectivity index (χ2n) is 9.93. The van der Waals surface area contributed by atoms with Gasteiger partial charge in [0.25, 0.3) is 5.91 Å². The Balaban J connectivity index is 1.56. The van der Waals surface area contributed by atoms with Crippen LogP contribution in [-0.4, -0.2) is 57.5 Å². The number of carbonyl (C=O) groups is 2. The standard InChI is InChI=1S/C29H38N4O3/c1-5-31(6-2)28(34)23-11-14-26-25(20-23)30-27(33(26)18-15-21(3)4)19-22-9-12-24(13-10-22)36-29(35)32-16-7-8-17-32/h9-14,20-21H,5-8,15-19H2,1-4H3. The van der Waals surface area contributed by atoms with Gasteiger partial charge >= 0.3 is 6.09 Å². The second kappa shape index (κ2) is 11.6. The number of hydrogen-bond acceptors (Lipinski definition) is 4. The Kier molecular flexibility index (Phi) is 8.28. The molecule has 3 aromatic rings. The van der Waals surface area contributed by atoms with Crippen molar-refractivity contribution in [1.29, 1.82) is 0 Å². The van der Waals surface area contributed by atoms with Crippen LogP contribution in [0.4, 0.5) is 4.79 Å². The average Bonchev–Trinajstić information content (AvgIpc) is 3.52. The van der Waals surface area contributed by atoms with Gasteiger partial charge in [0.05, 0.1) is 11.0 Å². The fourth-order valence-corrected chi connectivity index (χ4v) is 4.70. The highest BCUT2D eigenvalue weighted by molar-refractivity contribution is 5.97. The zero-order valence-electron chi connectivity index (χ0n) is 22.0. The fourth-order valence-electron chi connectivity index (χ4n) is 4.70. The van der Waals surface area contributed by atoms with Crippen molar-refractivity contribution in [1.82, 2.24) is 19.4 Å². The van der Waals surface area contributed by atoms with E-state index in [1.54, 1.807) is 4.90 Å². The van der Waals surface area contributed by atoms with Crippen LogP contribution in [0.1, 0.15) is 68.7 Å². The van der Waals surface area contributed by atoms with Crippen LogP contribution < -0.4 is 4.74 Å². The van der Waals surface area contributed by atoms with Gasteiger partial charge in [0.15, 0.2) is 0 Å². The lowest BCUT2D eigenvalue weighted by atomic mass is 10.1. The van der Waals surface area contributed by atoms with Crippen molar-refractivity contribution in [3.63, 3.8) is 0 Å². The molecule has 192 valence electrons. The predicted molar refractivity (Wildman–Crippen MR) is 143 cm³/mol. The van der Waals surface area contributed by atoms with Crippen molar-refractivity contribution in [3.8, 4) is 5.75 Å². The van der Waals surface area contributed by atoms with Crippen LogP contribution >= 0.6 is 0 Å². The number of aromatic nitrogens is 2. The third-order valence-electron chi connectivity index (χ3n) is 6.91. The second-order valence-corrected chi connectivity index (χ2v) is 9.93. The number of rotatable bonds is 9. The summed E-state index contributed by atoms with van der Waals surface area (Å²) >= 11 is 0. The van der Waals surface area contributed by atoms with Gasteiger partial charge in [0, 0.05) is 44.7 Å². The van der Waals surface area contributed by atoms with Gasteiger partial charge in [-0.2, -0.15) is 0 Å². The number of benzene rings is 2. The van der Waals surface area contributed by atoms with Crippen molar-refractivity contribution < 1.29 is 14.3 Å². The summed E-state index contributed by atoms with van der Waals surface area (Å²) in [7, 11) is 0. The number of imidazole rings is 1. The van der Waals surface area contributed by atoms with Gasteiger partial charge < -0.3 is 19.1 Å². The monoisotopic (exact) mass is 490 g/mol. The van der Waals surface area contributed by atoms with Gasteiger partial charge in [0.2, 0.25) is 0 Å². The van der Waals surface area contributed by atoms with E-state index in [-0.39, 0.29) is 12.0 Å². The zero-order chi connectivity index (χ0) is 25.7. The normalized spacial score (nSPS) is 13.5. The van der Waals surface area contributed by atoms with Crippen molar-refractivity contribution in [3.05, 3.63) is 59.4 Å². The van der Waals surface area contributed by atoms with Gasteiger partial charge in [-0.15, -0.1) is 0 Å². The molecule has 4 rings (SSSR count). The molecule has 0 aliphatic carbocycles. The lowest BCUT2D eigenvalue weighted by molar-refractivity contribution is 0.0773. The first-order chi connectivity index (χ1) is 17.4. The Morgan fingerprint density at radius 2 is 1.72 bits per heavy atom. The number of ether oxygens (including phenoxy) is 1. The van der Waals surface area contributed by atoms with Gasteiger partial charge in [0.1, 0.15) is 11.6 Å². The summed E-state index contributed by atoms with van der Waals surface area (Å²) in [6.07, 6.45) is 3.51. The molecule has 0 N–H and O–H groups in total. The molecule has 0 bridgehead atoms. The molecular formula is C29H38N4O3. The number of aryl methyl sites for hydroxylation is 1. The maximum atomic E-state index is 12.9. The first-order valence-corrected chi connectivity index (χ1v) is 13.2. The third kappa shape index (κ3) is 5.89. The SMILES string of the molecule is CCN(CC)C(=O)c1ccc2c(c1)nc(Cc1ccc(OC(=O)N3CCCC3)cc1)n2CCC(C)C. The van der Waals surface area contributed by atoms with Gasteiger partial charge in [-0.1, -0.05) is 26.0 Å². The molecule has 2 aromatic carbocycles. The smallest absolute Gasteiger partial charge is 0.410 e. The molecule has 1 saturated heterocycles. The largest absolute Gasteiger partial charge is 0.415 e. The van der Waals surface area contributed by atoms with E-state index in [1.165, 1.54) is 0 Å². The molecular weight excluding hydrogens is 452 g/mol. The summed E-state index contributed by atoms with van der Waals surface area (Å²) < 4.78 is 7.82. The summed E-state index contributed by atoms with van der Waals surface area (Å²) in [5.74, 6) is 2.14. The molecule has 0 radical (unpaired) electrons.